The highest BCUT2D eigenvalue weighted by Gasteiger charge is 2.30. The molecule has 2 N–H and O–H groups in total. The summed E-state index contributed by atoms with van der Waals surface area (Å²) in [7, 11) is 0. The minimum absolute atomic E-state index is 0.260. The number of primary amides is 1. The molecule has 3 rings (SSSR count). The SMILES string of the molecule is NC(=O)CN1C[C@@H](CCN2CCCC2=O)c2ccccc21. The number of nitrogens with two attached hydrogens (primary N) is 1. The quantitative estimate of drug-likeness (QED) is 0.881. The number of para-hydroxylation sites is 1. The zero-order chi connectivity index (χ0) is 14.8. The van der Waals surface area contributed by atoms with Gasteiger partial charge < -0.3 is 15.5 Å². The molecule has 0 aliphatic carbocycles. The summed E-state index contributed by atoms with van der Waals surface area (Å²) < 4.78 is 0. The molecule has 0 radical (unpaired) electrons. The van der Waals surface area contributed by atoms with Crippen molar-refractivity contribution in [3.63, 3.8) is 0 Å². The van der Waals surface area contributed by atoms with Gasteiger partial charge in [0.1, 0.15) is 0 Å². The number of fused-ring (bicyclic) bond motifs is 1. The van der Waals surface area contributed by atoms with Crippen LogP contribution in [0.4, 0.5) is 5.69 Å². The molecule has 1 aromatic carbocycles. The van der Waals surface area contributed by atoms with E-state index in [9.17, 15) is 9.59 Å². The van der Waals surface area contributed by atoms with Crippen molar-refractivity contribution in [2.75, 3.05) is 31.1 Å². The van der Waals surface area contributed by atoms with Crippen LogP contribution >= 0.6 is 0 Å². The summed E-state index contributed by atoms with van der Waals surface area (Å²) in [6.07, 6.45) is 2.61. The minimum atomic E-state index is -0.305. The second-order valence-electron chi connectivity index (χ2n) is 5.88. The largest absolute Gasteiger partial charge is 0.368 e. The van der Waals surface area contributed by atoms with Crippen molar-refractivity contribution in [2.45, 2.75) is 25.2 Å². The molecule has 2 aliphatic heterocycles. The molecule has 0 bridgehead atoms. The first kappa shape index (κ1) is 13.9. The molecule has 2 heterocycles. The van der Waals surface area contributed by atoms with Crippen molar-refractivity contribution >= 4 is 17.5 Å². The molecule has 0 unspecified atom stereocenters. The lowest BCUT2D eigenvalue weighted by Gasteiger charge is -2.20. The van der Waals surface area contributed by atoms with Crippen LogP contribution in [-0.2, 0) is 9.59 Å². The second-order valence-corrected chi connectivity index (χ2v) is 5.88. The van der Waals surface area contributed by atoms with Gasteiger partial charge in [0, 0.05) is 37.7 Å². The number of likely N-dealkylation sites (tertiary alicyclic amines) is 1. The van der Waals surface area contributed by atoms with E-state index in [2.05, 4.69) is 6.07 Å². The van der Waals surface area contributed by atoms with Crippen LogP contribution in [0.25, 0.3) is 0 Å². The van der Waals surface area contributed by atoms with E-state index in [1.807, 2.05) is 28.0 Å². The van der Waals surface area contributed by atoms with E-state index in [0.29, 0.717) is 12.3 Å². The molecule has 2 aliphatic rings. The molecule has 1 aromatic rings. The first-order chi connectivity index (χ1) is 10.1. The highest BCUT2D eigenvalue weighted by molar-refractivity contribution is 5.81. The maximum Gasteiger partial charge on any atom is 0.236 e. The highest BCUT2D eigenvalue weighted by atomic mass is 16.2. The Labute approximate surface area is 124 Å². The summed E-state index contributed by atoms with van der Waals surface area (Å²) in [6.45, 7) is 2.76. The van der Waals surface area contributed by atoms with Crippen molar-refractivity contribution in [3.8, 4) is 0 Å². The number of hydrogen-bond acceptors (Lipinski definition) is 3. The third-order valence-electron chi connectivity index (χ3n) is 4.42. The van der Waals surface area contributed by atoms with E-state index in [4.69, 9.17) is 5.73 Å². The minimum Gasteiger partial charge on any atom is -0.368 e. The van der Waals surface area contributed by atoms with E-state index >= 15 is 0 Å². The smallest absolute Gasteiger partial charge is 0.236 e. The Balaban J connectivity index is 1.69. The fourth-order valence-electron chi connectivity index (χ4n) is 3.42. The first-order valence-electron chi connectivity index (χ1n) is 7.55. The summed E-state index contributed by atoms with van der Waals surface area (Å²) in [6, 6.07) is 8.17. The lowest BCUT2D eigenvalue weighted by atomic mass is 9.98. The fraction of sp³-hybridized carbons (Fsp3) is 0.500. The Kier molecular flexibility index (Phi) is 3.82. The Morgan fingerprint density at radius 3 is 2.81 bits per heavy atom. The molecule has 0 aromatic heterocycles. The van der Waals surface area contributed by atoms with Gasteiger partial charge in [-0.15, -0.1) is 0 Å². The number of benzene rings is 1. The molecule has 1 atom stereocenters. The van der Waals surface area contributed by atoms with Crippen LogP contribution in [0.15, 0.2) is 24.3 Å². The first-order valence-corrected chi connectivity index (χ1v) is 7.55. The van der Waals surface area contributed by atoms with Gasteiger partial charge in [0.2, 0.25) is 11.8 Å². The summed E-state index contributed by atoms with van der Waals surface area (Å²) in [5.41, 5.74) is 7.71. The van der Waals surface area contributed by atoms with E-state index in [1.165, 1.54) is 5.56 Å². The van der Waals surface area contributed by atoms with E-state index in [-0.39, 0.29) is 18.4 Å². The van der Waals surface area contributed by atoms with Gasteiger partial charge in [-0.3, -0.25) is 9.59 Å². The van der Waals surface area contributed by atoms with Gasteiger partial charge in [-0.25, -0.2) is 0 Å². The number of amides is 2. The Bertz CT molecular complexity index is 558. The molecule has 21 heavy (non-hydrogen) atoms. The zero-order valence-corrected chi connectivity index (χ0v) is 12.1. The van der Waals surface area contributed by atoms with Crippen LogP contribution in [0, 0.1) is 0 Å². The highest BCUT2D eigenvalue weighted by Crippen LogP contribution is 2.37. The number of nitrogens with zero attached hydrogens (tertiary/aromatic N) is 2. The van der Waals surface area contributed by atoms with Gasteiger partial charge in [-0.1, -0.05) is 18.2 Å². The maximum absolute atomic E-state index is 11.7. The topological polar surface area (TPSA) is 66.6 Å². The molecule has 5 heteroatoms. The van der Waals surface area contributed by atoms with Gasteiger partial charge in [-0.05, 0) is 24.5 Å². The molecule has 5 nitrogen and oxygen atoms in total. The molecule has 1 saturated heterocycles. The number of carbonyl (C=O) groups excluding carboxylic acids is 2. The van der Waals surface area contributed by atoms with Crippen LogP contribution in [0.2, 0.25) is 0 Å². The Morgan fingerprint density at radius 1 is 1.29 bits per heavy atom. The zero-order valence-electron chi connectivity index (χ0n) is 12.1. The molecule has 0 spiro atoms. The third kappa shape index (κ3) is 2.86. The fourth-order valence-corrected chi connectivity index (χ4v) is 3.42. The molecular formula is C16H21N3O2. The van der Waals surface area contributed by atoms with Crippen LogP contribution < -0.4 is 10.6 Å². The predicted molar refractivity (Wildman–Crippen MR) is 81.0 cm³/mol. The van der Waals surface area contributed by atoms with Gasteiger partial charge in [0.25, 0.3) is 0 Å². The van der Waals surface area contributed by atoms with E-state index < -0.39 is 0 Å². The van der Waals surface area contributed by atoms with Crippen molar-refractivity contribution in [1.82, 2.24) is 4.90 Å². The lowest BCUT2D eigenvalue weighted by molar-refractivity contribution is -0.127. The summed E-state index contributed by atoms with van der Waals surface area (Å²) in [5, 5.41) is 0. The molecule has 1 fully saturated rings. The average Bonchev–Trinajstić information content (AvgIpc) is 3.01. The van der Waals surface area contributed by atoms with E-state index in [1.54, 1.807) is 0 Å². The average molecular weight is 287 g/mol. The summed E-state index contributed by atoms with van der Waals surface area (Å²) in [5.74, 6) is 0.337. The third-order valence-corrected chi connectivity index (χ3v) is 4.42. The normalized spacial score (nSPS) is 21.0. The molecule has 112 valence electrons. The van der Waals surface area contributed by atoms with Crippen LogP contribution in [0.3, 0.4) is 0 Å². The number of rotatable bonds is 5. The Hall–Kier alpha value is -2.04. The van der Waals surface area contributed by atoms with Crippen molar-refractivity contribution in [3.05, 3.63) is 29.8 Å². The van der Waals surface area contributed by atoms with Crippen LogP contribution in [0.5, 0.6) is 0 Å². The lowest BCUT2D eigenvalue weighted by Crippen LogP contribution is -2.33. The van der Waals surface area contributed by atoms with Gasteiger partial charge in [-0.2, -0.15) is 0 Å². The molecular weight excluding hydrogens is 266 g/mol. The van der Waals surface area contributed by atoms with Crippen LogP contribution in [-0.4, -0.2) is 42.9 Å². The monoisotopic (exact) mass is 287 g/mol. The van der Waals surface area contributed by atoms with Gasteiger partial charge in [0.05, 0.1) is 6.54 Å². The summed E-state index contributed by atoms with van der Waals surface area (Å²) in [4.78, 5) is 26.9. The predicted octanol–water partition coefficient (Wildman–Crippen LogP) is 1.09. The Morgan fingerprint density at radius 2 is 2.10 bits per heavy atom. The number of hydrogen-bond donors (Lipinski definition) is 1. The molecule has 0 saturated carbocycles. The summed E-state index contributed by atoms with van der Waals surface area (Å²) >= 11 is 0. The molecule has 2 amide bonds. The van der Waals surface area contributed by atoms with Gasteiger partial charge in [0.15, 0.2) is 0 Å². The van der Waals surface area contributed by atoms with E-state index in [0.717, 1.165) is 38.2 Å². The number of carbonyl (C=O) groups is 2. The van der Waals surface area contributed by atoms with Crippen molar-refractivity contribution < 1.29 is 9.59 Å². The van der Waals surface area contributed by atoms with Crippen LogP contribution in [0.1, 0.15) is 30.7 Å². The van der Waals surface area contributed by atoms with Gasteiger partial charge >= 0.3 is 0 Å². The maximum atomic E-state index is 11.7. The van der Waals surface area contributed by atoms with Crippen molar-refractivity contribution in [2.24, 2.45) is 5.73 Å². The van der Waals surface area contributed by atoms with Crippen molar-refractivity contribution in [1.29, 1.82) is 0 Å². The standard InChI is InChI=1S/C16H21N3O2/c17-15(20)11-19-10-12(13-4-1-2-5-14(13)19)7-9-18-8-3-6-16(18)21/h1-2,4-5,12H,3,6-11H2,(H2,17,20)/t12-/m1/s1. The number of anilines is 1. The second kappa shape index (κ2) is 5.76.